The predicted octanol–water partition coefficient (Wildman–Crippen LogP) is 2.28. The van der Waals surface area contributed by atoms with Gasteiger partial charge in [0.1, 0.15) is 0 Å². The molecule has 1 saturated heterocycles. The lowest BCUT2D eigenvalue weighted by atomic mass is 9.90. The van der Waals surface area contributed by atoms with Crippen molar-refractivity contribution in [3.05, 3.63) is 35.9 Å². The number of aliphatic imine (C=N–C) groups is 1. The molecule has 0 amide bonds. The Balaban J connectivity index is 1.77. The van der Waals surface area contributed by atoms with Gasteiger partial charge in [-0.15, -0.1) is 0 Å². The Bertz CT molecular complexity index is 369. The number of benzene rings is 1. The van der Waals surface area contributed by atoms with Crippen LogP contribution in [0.5, 0.6) is 0 Å². The van der Waals surface area contributed by atoms with E-state index < -0.39 is 0 Å². The van der Waals surface area contributed by atoms with Gasteiger partial charge >= 0.3 is 0 Å². The standard InChI is InChI=1S/C13H16N2/c1-2-4-11(5-3-1)12-6-7-13-14-8-9-15(13)10-12/h1-5,12H,6-10H2. The van der Waals surface area contributed by atoms with E-state index in [1.807, 2.05) is 0 Å². The molecule has 2 aliphatic heterocycles. The fourth-order valence-corrected chi connectivity index (χ4v) is 2.62. The number of amidine groups is 1. The van der Waals surface area contributed by atoms with Crippen molar-refractivity contribution >= 4 is 5.84 Å². The van der Waals surface area contributed by atoms with Gasteiger partial charge in [-0.1, -0.05) is 30.3 Å². The highest BCUT2D eigenvalue weighted by atomic mass is 15.2. The van der Waals surface area contributed by atoms with Gasteiger partial charge in [0.2, 0.25) is 0 Å². The van der Waals surface area contributed by atoms with Crippen molar-refractivity contribution in [3.8, 4) is 0 Å². The molecule has 1 unspecified atom stereocenters. The summed E-state index contributed by atoms with van der Waals surface area (Å²) in [5.41, 5.74) is 1.49. The molecule has 1 fully saturated rings. The highest BCUT2D eigenvalue weighted by Gasteiger charge is 2.27. The first-order valence-electron chi connectivity index (χ1n) is 5.77. The van der Waals surface area contributed by atoms with E-state index in [4.69, 9.17) is 0 Å². The van der Waals surface area contributed by atoms with Gasteiger partial charge < -0.3 is 4.90 Å². The molecule has 0 N–H and O–H groups in total. The molecule has 2 nitrogen and oxygen atoms in total. The zero-order valence-electron chi connectivity index (χ0n) is 8.89. The minimum absolute atomic E-state index is 0.711. The summed E-state index contributed by atoms with van der Waals surface area (Å²) in [5.74, 6) is 2.06. The number of hydrogen-bond donors (Lipinski definition) is 0. The third kappa shape index (κ3) is 1.65. The van der Waals surface area contributed by atoms with Gasteiger partial charge in [0, 0.05) is 25.4 Å². The summed E-state index contributed by atoms with van der Waals surface area (Å²) in [6, 6.07) is 10.9. The van der Waals surface area contributed by atoms with Crippen LogP contribution in [-0.2, 0) is 0 Å². The van der Waals surface area contributed by atoms with Crippen LogP contribution in [0.2, 0.25) is 0 Å². The van der Waals surface area contributed by atoms with Crippen molar-refractivity contribution in [2.45, 2.75) is 18.8 Å². The van der Waals surface area contributed by atoms with E-state index in [2.05, 4.69) is 40.2 Å². The van der Waals surface area contributed by atoms with Crippen molar-refractivity contribution in [3.63, 3.8) is 0 Å². The summed E-state index contributed by atoms with van der Waals surface area (Å²) in [5, 5.41) is 0. The second-order valence-corrected chi connectivity index (χ2v) is 4.39. The Kier molecular flexibility index (Phi) is 2.20. The van der Waals surface area contributed by atoms with Crippen molar-refractivity contribution in [1.82, 2.24) is 4.90 Å². The van der Waals surface area contributed by atoms with E-state index in [0.29, 0.717) is 5.92 Å². The Morgan fingerprint density at radius 2 is 2.07 bits per heavy atom. The molecule has 0 spiro atoms. The van der Waals surface area contributed by atoms with Crippen LogP contribution >= 0.6 is 0 Å². The lowest BCUT2D eigenvalue weighted by Crippen LogP contribution is -2.36. The van der Waals surface area contributed by atoms with Gasteiger partial charge in [0.05, 0.1) is 12.4 Å². The topological polar surface area (TPSA) is 15.6 Å². The van der Waals surface area contributed by atoms with Crippen LogP contribution < -0.4 is 0 Å². The van der Waals surface area contributed by atoms with E-state index >= 15 is 0 Å². The molecule has 78 valence electrons. The highest BCUT2D eigenvalue weighted by molar-refractivity contribution is 5.84. The molecule has 0 aliphatic carbocycles. The number of piperidine rings is 1. The molecule has 1 atom stereocenters. The molecule has 15 heavy (non-hydrogen) atoms. The van der Waals surface area contributed by atoms with Crippen LogP contribution in [0, 0.1) is 0 Å². The number of rotatable bonds is 1. The number of hydrogen-bond acceptors (Lipinski definition) is 2. The molecule has 0 aromatic heterocycles. The summed E-state index contributed by atoms with van der Waals surface area (Å²) in [7, 11) is 0. The van der Waals surface area contributed by atoms with Crippen LogP contribution in [0.4, 0.5) is 0 Å². The average molecular weight is 200 g/mol. The van der Waals surface area contributed by atoms with Crippen LogP contribution in [0.15, 0.2) is 35.3 Å². The third-order valence-corrected chi connectivity index (χ3v) is 3.46. The van der Waals surface area contributed by atoms with Crippen LogP contribution in [0.1, 0.15) is 24.3 Å². The maximum atomic E-state index is 4.53. The second kappa shape index (κ2) is 3.69. The minimum atomic E-state index is 0.711. The SMILES string of the molecule is c1ccc(C2CCC3=NCCN3C2)cc1. The van der Waals surface area contributed by atoms with Gasteiger partial charge in [-0.2, -0.15) is 0 Å². The first-order valence-corrected chi connectivity index (χ1v) is 5.77. The van der Waals surface area contributed by atoms with Gasteiger partial charge in [-0.25, -0.2) is 0 Å². The molecular weight excluding hydrogens is 184 g/mol. The number of nitrogens with zero attached hydrogens (tertiary/aromatic N) is 2. The maximum Gasteiger partial charge on any atom is 0.0990 e. The zero-order valence-corrected chi connectivity index (χ0v) is 8.89. The van der Waals surface area contributed by atoms with Gasteiger partial charge in [-0.3, -0.25) is 4.99 Å². The molecular formula is C13H16N2. The molecule has 2 heterocycles. The largest absolute Gasteiger partial charge is 0.358 e. The first kappa shape index (κ1) is 8.96. The molecule has 1 aromatic rings. The van der Waals surface area contributed by atoms with E-state index in [1.54, 1.807) is 0 Å². The van der Waals surface area contributed by atoms with Gasteiger partial charge in [0.15, 0.2) is 0 Å². The first-order chi connectivity index (χ1) is 7.43. The summed E-state index contributed by atoms with van der Waals surface area (Å²) in [4.78, 5) is 6.99. The van der Waals surface area contributed by atoms with Crippen LogP contribution in [0.25, 0.3) is 0 Å². The van der Waals surface area contributed by atoms with E-state index in [-0.39, 0.29) is 0 Å². The molecule has 2 aliphatic rings. The summed E-state index contributed by atoms with van der Waals surface area (Å²) in [6.45, 7) is 3.32. The van der Waals surface area contributed by atoms with Gasteiger partial charge in [-0.05, 0) is 12.0 Å². The third-order valence-electron chi connectivity index (χ3n) is 3.46. The smallest absolute Gasteiger partial charge is 0.0990 e. The fourth-order valence-electron chi connectivity index (χ4n) is 2.62. The Labute approximate surface area is 90.6 Å². The highest BCUT2D eigenvalue weighted by Crippen LogP contribution is 2.28. The summed E-state index contributed by atoms with van der Waals surface area (Å²) >= 11 is 0. The van der Waals surface area contributed by atoms with Crippen molar-refractivity contribution in [2.24, 2.45) is 4.99 Å². The number of fused-ring (bicyclic) bond motifs is 1. The summed E-state index contributed by atoms with van der Waals surface area (Å²) < 4.78 is 0. The normalized spacial score (nSPS) is 24.9. The van der Waals surface area contributed by atoms with E-state index in [1.165, 1.54) is 30.8 Å². The maximum absolute atomic E-state index is 4.53. The Morgan fingerprint density at radius 1 is 1.20 bits per heavy atom. The van der Waals surface area contributed by atoms with Crippen LogP contribution in [-0.4, -0.2) is 30.4 Å². The molecule has 3 rings (SSSR count). The monoisotopic (exact) mass is 200 g/mol. The Morgan fingerprint density at radius 3 is 2.93 bits per heavy atom. The molecule has 2 heteroatoms. The lowest BCUT2D eigenvalue weighted by Gasteiger charge is -2.32. The van der Waals surface area contributed by atoms with Crippen LogP contribution in [0.3, 0.4) is 0 Å². The fraction of sp³-hybridized carbons (Fsp3) is 0.462. The average Bonchev–Trinajstić information content (AvgIpc) is 2.77. The molecule has 0 radical (unpaired) electrons. The second-order valence-electron chi connectivity index (χ2n) is 4.39. The van der Waals surface area contributed by atoms with E-state index in [9.17, 15) is 0 Å². The molecule has 0 bridgehead atoms. The quantitative estimate of drug-likeness (QED) is 0.679. The molecule has 0 saturated carbocycles. The minimum Gasteiger partial charge on any atom is -0.358 e. The van der Waals surface area contributed by atoms with Crippen molar-refractivity contribution in [2.75, 3.05) is 19.6 Å². The van der Waals surface area contributed by atoms with E-state index in [0.717, 1.165) is 13.1 Å². The van der Waals surface area contributed by atoms with Crippen molar-refractivity contribution in [1.29, 1.82) is 0 Å². The molecule has 1 aromatic carbocycles. The van der Waals surface area contributed by atoms with Crippen molar-refractivity contribution < 1.29 is 0 Å². The zero-order chi connectivity index (χ0) is 10.1. The predicted molar refractivity (Wildman–Crippen MR) is 62.3 cm³/mol. The van der Waals surface area contributed by atoms with Gasteiger partial charge in [0.25, 0.3) is 0 Å². The Hall–Kier alpha value is -1.31. The lowest BCUT2D eigenvalue weighted by molar-refractivity contribution is 0.367. The summed E-state index contributed by atoms with van der Waals surface area (Å²) in [6.07, 6.45) is 2.43.